The van der Waals surface area contributed by atoms with Crippen LogP contribution in [0.5, 0.6) is 0 Å². The molecule has 1 N–H and O–H groups in total. The van der Waals surface area contributed by atoms with Gasteiger partial charge in [-0.25, -0.2) is 4.79 Å². The van der Waals surface area contributed by atoms with Crippen LogP contribution < -0.4 is 4.90 Å². The maximum Gasteiger partial charge on any atom is 0.407 e. The van der Waals surface area contributed by atoms with E-state index >= 15 is 0 Å². The quantitative estimate of drug-likeness (QED) is 0.776. The first-order valence-corrected chi connectivity index (χ1v) is 5.33. The Labute approximate surface area is 94.3 Å². The second-order valence-electron chi connectivity index (χ2n) is 3.98. The molecule has 1 saturated heterocycles. The number of hydrogen-bond acceptors (Lipinski definition) is 3. The van der Waals surface area contributed by atoms with Crippen LogP contribution in [0.3, 0.4) is 0 Å². The number of amides is 1. The molecule has 2 heterocycles. The Balaban J connectivity index is 2.05. The van der Waals surface area contributed by atoms with E-state index in [1.807, 2.05) is 19.1 Å². The van der Waals surface area contributed by atoms with Gasteiger partial charge in [0.1, 0.15) is 0 Å². The third-order valence-corrected chi connectivity index (χ3v) is 2.90. The molecule has 16 heavy (non-hydrogen) atoms. The van der Waals surface area contributed by atoms with Gasteiger partial charge in [0.2, 0.25) is 0 Å². The number of pyridine rings is 1. The Hall–Kier alpha value is -1.78. The maximum absolute atomic E-state index is 10.9. The van der Waals surface area contributed by atoms with Crippen LogP contribution in [0, 0.1) is 0 Å². The van der Waals surface area contributed by atoms with Crippen molar-refractivity contribution >= 4 is 11.8 Å². The van der Waals surface area contributed by atoms with Crippen molar-refractivity contribution < 1.29 is 9.90 Å². The summed E-state index contributed by atoms with van der Waals surface area (Å²) in [5.74, 6) is 0. The predicted molar refractivity (Wildman–Crippen MR) is 60.6 cm³/mol. The van der Waals surface area contributed by atoms with Crippen LogP contribution in [-0.4, -0.2) is 46.8 Å². The average molecular weight is 221 g/mol. The molecule has 2 rings (SSSR count). The largest absolute Gasteiger partial charge is 0.465 e. The van der Waals surface area contributed by atoms with E-state index < -0.39 is 6.09 Å². The fraction of sp³-hybridized carbons (Fsp3) is 0.455. The lowest BCUT2D eigenvalue weighted by molar-refractivity contribution is 0.122. The molecule has 0 aliphatic carbocycles. The van der Waals surface area contributed by atoms with Gasteiger partial charge in [-0.3, -0.25) is 4.98 Å². The summed E-state index contributed by atoms with van der Waals surface area (Å²) in [7, 11) is 0. The molecule has 1 unspecified atom stereocenters. The number of hydrogen-bond donors (Lipinski definition) is 1. The molecule has 0 spiro atoms. The number of aromatic nitrogens is 1. The predicted octanol–water partition coefficient (Wildman–Crippen LogP) is 1.27. The molecule has 0 saturated carbocycles. The Kier molecular flexibility index (Phi) is 2.94. The van der Waals surface area contributed by atoms with Crippen molar-refractivity contribution in [1.82, 2.24) is 9.88 Å². The minimum absolute atomic E-state index is 0.0272. The van der Waals surface area contributed by atoms with E-state index in [0.717, 1.165) is 18.8 Å². The van der Waals surface area contributed by atoms with Gasteiger partial charge in [-0.05, 0) is 19.1 Å². The Bertz CT molecular complexity index is 369. The number of nitrogens with zero attached hydrogens (tertiary/aromatic N) is 3. The topological polar surface area (TPSA) is 56.7 Å². The van der Waals surface area contributed by atoms with Crippen LogP contribution in [0.4, 0.5) is 10.5 Å². The van der Waals surface area contributed by atoms with Crippen molar-refractivity contribution in [2.45, 2.75) is 13.0 Å². The van der Waals surface area contributed by atoms with Crippen LogP contribution in [0.25, 0.3) is 0 Å². The molecule has 0 bridgehead atoms. The summed E-state index contributed by atoms with van der Waals surface area (Å²) in [4.78, 5) is 18.5. The summed E-state index contributed by atoms with van der Waals surface area (Å²) >= 11 is 0. The van der Waals surface area contributed by atoms with Crippen molar-refractivity contribution in [3.8, 4) is 0 Å². The van der Waals surface area contributed by atoms with Crippen LogP contribution >= 0.6 is 0 Å². The zero-order chi connectivity index (χ0) is 11.5. The minimum Gasteiger partial charge on any atom is -0.465 e. The fourth-order valence-corrected chi connectivity index (χ4v) is 2.03. The molecule has 1 amide bonds. The van der Waals surface area contributed by atoms with Gasteiger partial charge in [0, 0.05) is 43.8 Å². The zero-order valence-corrected chi connectivity index (χ0v) is 9.21. The Morgan fingerprint density at radius 3 is 2.69 bits per heavy atom. The first kappa shape index (κ1) is 10.7. The van der Waals surface area contributed by atoms with Crippen LogP contribution in [-0.2, 0) is 0 Å². The van der Waals surface area contributed by atoms with Crippen molar-refractivity contribution in [3.05, 3.63) is 24.5 Å². The lowest BCUT2D eigenvalue weighted by atomic mass is 10.2. The normalized spacial score (nSPS) is 20.9. The monoisotopic (exact) mass is 221 g/mol. The highest BCUT2D eigenvalue weighted by Crippen LogP contribution is 2.17. The molecule has 1 aliphatic heterocycles. The molecule has 86 valence electrons. The molecular formula is C11H15N3O2. The number of anilines is 1. The summed E-state index contributed by atoms with van der Waals surface area (Å²) < 4.78 is 0. The molecule has 5 nitrogen and oxygen atoms in total. The van der Waals surface area contributed by atoms with Gasteiger partial charge in [-0.1, -0.05) is 0 Å². The molecular weight excluding hydrogens is 206 g/mol. The first-order chi connectivity index (χ1) is 7.68. The zero-order valence-electron chi connectivity index (χ0n) is 9.21. The highest BCUT2D eigenvalue weighted by molar-refractivity contribution is 5.66. The smallest absolute Gasteiger partial charge is 0.407 e. The van der Waals surface area contributed by atoms with E-state index in [0.29, 0.717) is 6.54 Å². The minimum atomic E-state index is -0.832. The van der Waals surface area contributed by atoms with E-state index in [4.69, 9.17) is 5.11 Å². The first-order valence-electron chi connectivity index (χ1n) is 5.33. The summed E-state index contributed by atoms with van der Waals surface area (Å²) in [5.41, 5.74) is 1.10. The summed E-state index contributed by atoms with van der Waals surface area (Å²) in [5, 5.41) is 8.96. The van der Waals surface area contributed by atoms with E-state index in [2.05, 4.69) is 9.88 Å². The third-order valence-electron chi connectivity index (χ3n) is 2.90. The molecule has 0 radical (unpaired) electrons. The number of carbonyl (C=O) groups is 1. The van der Waals surface area contributed by atoms with Gasteiger partial charge in [0.15, 0.2) is 0 Å². The van der Waals surface area contributed by atoms with Gasteiger partial charge >= 0.3 is 6.09 Å². The standard InChI is InChI=1S/C11H15N3O2/c1-9-8-13(6-7-14(9)11(15)16)10-2-4-12-5-3-10/h2-5,9H,6-8H2,1H3,(H,15,16). The van der Waals surface area contributed by atoms with Gasteiger partial charge in [-0.15, -0.1) is 0 Å². The summed E-state index contributed by atoms with van der Waals surface area (Å²) in [6.45, 7) is 3.96. The average Bonchev–Trinajstić information content (AvgIpc) is 2.29. The molecule has 1 atom stereocenters. The highest BCUT2D eigenvalue weighted by Gasteiger charge is 2.26. The van der Waals surface area contributed by atoms with Gasteiger partial charge < -0.3 is 14.9 Å². The van der Waals surface area contributed by atoms with Crippen molar-refractivity contribution in [2.24, 2.45) is 0 Å². The van der Waals surface area contributed by atoms with Crippen LogP contribution in [0.2, 0.25) is 0 Å². The van der Waals surface area contributed by atoms with Crippen LogP contribution in [0.15, 0.2) is 24.5 Å². The lowest BCUT2D eigenvalue weighted by Crippen LogP contribution is -2.53. The number of piperazine rings is 1. The lowest BCUT2D eigenvalue weighted by Gasteiger charge is -2.39. The number of carboxylic acid groups (broad SMARTS) is 1. The fourth-order valence-electron chi connectivity index (χ4n) is 2.03. The molecule has 1 fully saturated rings. The van der Waals surface area contributed by atoms with Crippen molar-refractivity contribution in [2.75, 3.05) is 24.5 Å². The van der Waals surface area contributed by atoms with Gasteiger partial charge in [0.05, 0.1) is 0 Å². The van der Waals surface area contributed by atoms with Gasteiger partial charge in [0.25, 0.3) is 0 Å². The van der Waals surface area contributed by atoms with Crippen molar-refractivity contribution in [1.29, 1.82) is 0 Å². The third kappa shape index (κ3) is 2.08. The van der Waals surface area contributed by atoms with Crippen molar-refractivity contribution in [3.63, 3.8) is 0 Å². The highest BCUT2D eigenvalue weighted by atomic mass is 16.4. The molecule has 1 aliphatic rings. The molecule has 1 aromatic heterocycles. The molecule has 1 aromatic rings. The van der Waals surface area contributed by atoms with Gasteiger partial charge in [-0.2, -0.15) is 0 Å². The Morgan fingerprint density at radius 1 is 1.44 bits per heavy atom. The molecule has 0 aromatic carbocycles. The number of rotatable bonds is 1. The van der Waals surface area contributed by atoms with E-state index in [1.54, 1.807) is 12.4 Å². The SMILES string of the molecule is CC1CN(c2ccncc2)CCN1C(=O)O. The second kappa shape index (κ2) is 4.38. The maximum atomic E-state index is 10.9. The van der Waals surface area contributed by atoms with E-state index in [-0.39, 0.29) is 6.04 Å². The van der Waals surface area contributed by atoms with E-state index in [1.165, 1.54) is 4.90 Å². The van der Waals surface area contributed by atoms with E-state index in [9.17, 15) is 4.79 Å². The van der Waals surface area contributed by atoms with Crippen LogP contribution in [0.1, 0.15) is 6.92 Å². The summed E-state index contributed by atoms with van der Waals surface area (Å²) in [6, 6.07) is 3.92. The summed E-state index contributed by atoms with van der Waals surface area (Å²) in [6.07, 6.45) is 2.68. The Morgan fingerprint density at radius 2 is 2.12 bits per heavy atom. The molecule has 5 heteroatoms. The second-order valence-corrected chi connectivity index (χ2v) is 3.98.